The van der Waals surface area contributed by atoms with Crippen molar-refractivity contribution < 1.29 is 21.8 Å². The SMILES string of the molecule is C=S(c1ccccc1)C(F)(F)S(=O)(=O)O. The molecule has 0 amide bonds. The average Bonchev–Trinajstić information content (AvgIpc) is 2.16. The number of rotatable bonds is 3. The lowest BCUT2D eigenvalue weighted by Crippen LogP contribution is -2.25. The quantitative estimate of drug-likeness (QED) is 0.664. The Morgan fingerprint density at radius 1 is 1.27 bits per heavy atom. The zero-order chi connectivity index (χ0) is 11.7. The Hall–Kier alpha value is -0.790. The summed E-state index contributed by atoms with van der Waals surface area (Å²) in [7, 11) is -7.57. The molecule has 0 saturated carbocycles. The van der Waals surface area contributed by atoms with Gasteiger partial charge in [-0.2, -0.15) is 17.2 Å². The maximum Gasteiger partial charge on any atom is 0.416 e. The van der Waals surface area contributed by atoms with Crippen molar-refractivity contribution in [2.45, 2.75) is 9.48 Å². The highest BCUT2D eigenvalue weighted by Crippen LogP contribution is 2.44. The summed E-state index contributed by atoms with van der Waals surface area (Å²) in [5.74, 6) is 3.09. The van der Waals surface area contributed by atoms with Gasteiger partial charge in [0.05, 0.1) is 0 Å². The lowest BCUT2D eigenvalue weighted by molar-refractivity contribution is 0.180. The fourth-order valence-corrected chi connectivity index (χ4v) is 2.91. The van der Waals surface area contributed by atoms with Crippen molar-refractivity contribution in [2.75, 3.05) is 0 Å². The summed E-state index contributed by atoms with van der Waals surface area (Å²) in [6, 6.07) is 7.23. The summed E-state index contributed by atoms with van der Waals surface area (Å²) < 4.78 is 51.2. The molecule has 0 aromatic heterocycles. The third-order valence-electron chi connectivity index (χ3n) is 1.61. The molecule has 1 atom stereocenters. The fraction of sp³-hybridized carbons (Fsp3) is 0.125. The molecule has 0 saturated heterocycles. The van der Waals surface area contributed by atoms with E-state index in [4.69, 9.17) is 4.55 Å². The van der Waals surface area contributed by atoms with E-state index in [1.807, 2.05) is 0 Å². The Morgan fingerprint density at radius 2 is 1.73 bits per heavy atom. The van der Waals surface area contributed by atoms with Gasteiger partial charge in [-0.1, -0.05) is 34.6 Å². The molecule has 0 fully saturated rings. The van der Waals surface area contributed by atoms with Gasteiger partial charge in [0.25, 0.3) is 0 Å². The van der Waals surface area contributed by atoms with Gasteiger partial charge in [0.1, 0.15) is 0 Å². The molecule has 1 unspecified atom stereocenters. The van der Waals surface area contributed by atoms with Gasteiger partial charge in [0.15, 0.2) is 0 Å². The molecule has 84 valence electrons. The van der Waals surface area contributed by atoms with Crippen LogP contribution in [0.5, 0.6) is 0 Å². The maximum absolute atomic E-state index is 13.1. The van der Waals surface area contributed by atoms with E-state index in [9.17, 15) is 17.2 Å². The standard InChI is InChI=1S/C8H8F2O3S2/c1-14(7-5-3-2-4-6-7)8(9,10)15(11,12)13/h2-6H,1H2,(H,11,12,13). The topological polar surface area (TPSA) is 54.4 Å². The Kier molecular flexibility index (Phi) is 3.27. The van der Waals surface area contributed by atoms with Crippen molar-refractivity contribution >= 4 is 26.5 Å². The highest BCUT2D eigenvalue weighted by molar-refractivity contribution is 8.22. The molecule has 0 bridgehead atoms. The minimum atomic E-state index is -5.43. The van der Waals surface area contributed by atoms with Gasteiger partial charge in [-0.25, -0.2) is 0 Å². The van der Waals surface area contributed by atoms with Gasteiger partial charge >= 0.3 is 14.7 Å². The second-order valence-electron chi connectivity index (χ2n) is 2.64. The predicted octanol–water partition coefficient (Wildman–Crippen LogP) is 2.18. The highest BCUT2D eigenvalue weighted by atomic mass is 32.3. The predicted molar refractivity (Wildman–Crippen MR) is 55.9 cm³/mol. The summed E-state index contributed by atoms with van der Waals surface area (Å²) in [4.78, 5) is 0.0696. The van der Waals surface area contributed by atoms with E-state index in [0.717, 1.165) is 0 Å². The van der Waals surface area contributed by atoms with E-state index in [2.05, 4.69) is 5.87 Å². The second-order valence-corrected chi connectivity index (χ2v) is 6.13. The van der Waals surface area contributed by atoms with Crippen LogP contribution in [0.1, 0.15) is 0 Å². The highest BCUT2D eigenvalue weighted by Gasteiger charge is 2.46. The van der Waals surface area contributed by atoms with Crippen LogP contribution >= 0.6 is 10.5 Å². The number of halogens is 2. The smallest absolute Gasteiger partial charge is 0.280 e. The third-order valence-corrected chi connectivity index (χ3v) is 4.87. The fourth-order valence-electron chi connectivity index (χ4n) is 0.849. The van der Waals surface area contributed by atoms with E-state index < -0.39 is 25.2 Å². The maximum atomic E-state index is 13.1. The number of hydrogen-bond acceptors (Lipinski definition) is 2. The largest absolute Gasteiger partial charge is 0.416 e. The van der Waals surface area contributed by atoms with Gasteiger partial charge in [-0.05, 0) is 12.1 Å². The zero-order valence-electron chi connectivity index (χ0n) is 7.43. The number of benzene rings is 1. The van der Waals surface area contributed by atoms with E-state index >= 15 is 0 Å². The zero-order valence-corrected chi connectivity index (χ0v) is 9.06. The molecule has 1 aromatic rings. The van der Waals surface area contributed by atoms with Crippen molar-refractivity contribution in [1.82, 2.24) is 0 Å². The van der Waals surface area contributed by atoms with Crippen LogP contribution in [0.25, 0.3) is 0 Å². The van der Waals surface area contributed by atoms with Gasteiger partial charge in [-0.15, -0.1) is 0 Å². The van der Waals surface area contributed by atoms with Crippen molar-refractivity contribution in [2.24, 2.45) is 0 Å². The summed E-state index contributed by atoms with van der Waals surface area (Å²) in [5.41, 5.74) is 0. The summed E-state index contributed by atoms with van der Waals surface area (Å²) in [6.07, 6.45) is 0. The molecule has 15 heavy (non-hydrogen) atoms. The molecule has 1 aromatic carbocycles. The van der Waals surface area contributed by atoms with Gasteiger partial charge in [0.2, 0.25) is 0 Å². The van der Waals surface area contributed by atoms with Crippen molar-refractivity contribution in [3.05, 3.63) is 30.3 Å². The van der Waals surface area contributed by atoms with E-state index in [0.29, 0.717) is 0 Å². The number of alkyl halides is 2. The Bertz CT molecular complexity index is 468. The lowest BCUT2D eigenvalue weighted by atomic mass is 10.4. The first kappa shape index (κ1) is 12.3. The first-order valence-electron chi connectivity index (χ1n) is 3.71. The molecule has 0 aliphatic carbocycles. The van der Waals surface area contributed by atoms with Gasteiger partial charge in [0, 0.05) is 4.90 Å². The minimum absolute atomic E-state index is 0.0696. The molecular formula is C8H8F2O3S2. The third kappa shape index (κ3) is 2.42. The minimum Gasteiger partial charge on any atom is -0.280 e. The van der Waals surface area contributed by atoms with Crippen LogP contribution in [0, 0.1) is 0 Å². The Morgan fingerprint density at radius 3 is 2.13 bits per heavy atom. The van der Waals surface area contributed by atoms with Crippen LogP contribution in [0.15, 0.2) is 35.2 Å². The molecular weight excluding hydrogens is 246 g/mol. The molecule has 1 N–H and O–H groups in total. The van der Waals surface area contributed by atoms with Crippen LogP contribution in [0.4, 0.5) is 8.78 Å². The molecule has 0 aliphatic rings. The summed E-state index contributed by atoms with van der Waals surface area (Å²) in [5, 5.41) is 0. The van der Waals surface area contributed by atoms with Gasteiger partial charge in [-0.3, -0.25) is 4.55 Å². The lowest BCUT2D eigenvalue weighted by Gasteiger charge is -2.16. The van der Waals surface area contributed by atoms with Crippen LogP contribution in [-0.4, -0.2) is 23.4 Å². The normalized spacial score (nSPS) is 14.9. The molecule has 3 nitrogen and oxygen atoms in total. The van der Waals surface area contributed by atoms with Crippen molar-refractivity contribution in [3.63, 3.8) is 0 Å². The van der Waals surface area contributed by atoms with Crippen molar-refractivity contribution in [1.29, 1.82) is 0 Å². The van der Waals surface area contributed by atoms with E-state index in [1.165, 1.54) is 24.3 Å². The monoisotopic (exact) mass is 254 g/mol. The van der Waals surface area contributed by atoms with Crippen LogP contribution in [0.2, 0.25) is 0 Å². The molecule has 0 aliphatic heterocycles. The van der Waals surface area contributed by atoms with E-state index in [-0.39, 0.29) is 4.90 Å². The van der Waals surface area contributed by atoms with Crippen LogP contribution in [0.3, 0.4) is 0 Å². The summed E-state index contributed by atoms with van der Waals surface area (Å²) >= 11 is 0. The Balaban J connectivity index is 3.17. The summed E-state index contributed by atoms with van der Waals surface area (Å²) in [6.45, 7) is 0. The molecule has 0 radical (unpaired) electrons. The van der Waals surface area contributed by atoms with Crippen LogP contribution < -0.4 is 0 Å². The number of hydrogen-bond donors (Lipinski definition) is 1. The molecule has 7 heteroatoms. The van der Waals surface area contributed by atoms with E-state index in [1.54, 1.807) is 6.07 Å². The van der Waals surface area contributed by atoms with Crippen molar-refractivity contribution in [3.8, 4) is 0 Å². The Labute approximate surface area is 88.4 Å². The second kappa shape index (κ2) is 3.99. The molecule has 1 rings (SSSR count). The first-order valence-corrected chi connectivity index (χ1v) is 6.54. The van der Waals surface area contributed by atoms with Crippen LogP contribution in [-0.2, 0) is 10.1 Å². The molecule has 0 spiro atoms. The average molecular weight is 254 g/mol. The van der Waals surface area contributed by atoms with Gasteiger partial charge < -0.3 is 0 Å². The molecule has 0 heterocycles. The first-order chi connectivity index (χ1) is 6.77.